The number of aryl methyl sites for hydroxylation is 1. The predicted octanol–water partition coefficient (Wildman–Crippen LogP) is 3.94. The zero-order chi connectivity index (χ0) is 18.7. The molecule has 134 valence electrons. The van der Waals surface area contributed by atoms with Gasteiger partial charge in [0.05, 0.1) is 17.4 Å². The minimum atomic E-state index is 0.00670. The second-order valence-corrected chi connectivity index (χ2v) is 6.70. The van der Waals surface area contributed by atoms with Gasteiger partial charge in [-0.2, -0.15) is 5.10 Å². The Labute approximate surface area is 161 Å². The highest BCUT2D eigenvalue weighted by atomic mass is 35.5. The van der Waals surface area contributed by atoms with Gasteiger partial charge in [-0.1, -0.05) is 23.2 Å². The lowest BCUT2D eigenvalue weighted by molar-refractivity contribution is 0.112. The SMILES string of the molecule is Cc1cc(C(C)NCc2c(C=O)ccnc2Cl)cnc1-n1cc(Cl)cn1. The molecule has 0 aliphatic carbocycles. The third-order valence-electron chi connectivity index (χ3n) is 4.09. The van der Waals surface area contributed by atoms with E-state index in [0.717, 1.165) is 23.2 Å². The minimum Gasteiger partial charge on any atom is -0.306 e. The first-order chi connectivity index (χ1) is 12.5. The number of carbonyl (C=O) groups excluding carboxylic acids is 1. The van der Waals surface area contributed by atoms with Crippen LogP contribution in [0.15, 0.2) is 36.9 Å². The largest absolute Gasteiger partial charge is 0.306 e. The molecule has 1 N–H and O–H groups in total. The molecule has 6 nitrogen and oxygen atoms in total. The van der Waals surface area contributed by atoms with Gasteiger partial charge in [-0.3, -0.25) is 4.79 Å². The van der Waals surface area contributed by atoms with E-state index in [9.17, 15) is 4.79 Å². The molecule has 0 aliphatic heterocycles. The summed E-state index contributed by atoms with van der Waals surface area (Å²) in [6.07, 6.45) is 7.38. The highest BCUT2D eigenvalue weighted by Gasteiger charge is 2.13. The first-order valence-electron chi connectivity index (χ1n) is 7.98. The van der Waals surface area contributed by atoms with Crippen LogP contribution in [0.3, 0.4) is 0 Å². The zero-order valence-electron chi connectivity index (χ0n) is 14.3. The van der Waals surface area contributed by atoms with Gasteiger partial charge < -0.3 is 5.32 Å². The summed E-state index contributed by atoms with van der Waals surface area (Å²) in [6.45, 7) is 4.42. The van der Waals surface area contributed by atoms with Crippen molar-refractivity contribution in [3.8, 4) is 5.82 Å². The molecule has 0 saturated carbocycles. The van der Waals surface area contributed by atoms with Crippen molar-refractivity contribution in [2.45, 2.75) is 26.4 Å². The summed E-state index contributed by atoms with van der Waals surface area (Å²) in [7, 11) is 0. The van der Waals surface area contributed by atoms with Gasteiger partial charge in [0.1, 0.15) is 5.15 Å². The van der Waals surface area contributed by atoms with Gasteiger partial charge in [0, 0.05) is 36.1 Å². The highest BCUT2D eigenvalue weighted by molar-refractivity contribution is 6.30. The fourth-order valence-electron chi connectivity index (χ4n) is 2.62. The van der Waals surface area contributed by atoms with Gasteiger partial charge in [0.2, 0.25) is 0 Å². The van der Waals surface area contributed by atoms with Crippen LogP contribution in [-0.2, 0) is 6.54 Å². The Balaban J connectivity index is 1.76. The van der Waals surface area contributed by atoms with Crippen LogP contribution in [0.1, 0.15) is 40.0 Å². The predicted molar refractivity (Wildman–Crippen MR) is 101 cm³/mol. The number of nitrogens with zero attached hydrogens (tertiary/aromatic N) is 4. The van der Waals surface area contributed by atoms with E-state index in [-0.39, 0.29) is 6.04 Å². The van der Waals surface area contributed by atoms with Gasteiger partial charge in [-0.25, -0.2) is 14.6 Å². The van der Waals surface area contributed by atoms with E-state index >= 15 is 0 Å². The van der Waals surface area contributed by atoms with Gasteiger partial charge in [0.15, 0.2) is 12.1 Å². The van der Waals surface area contributed by atoms with Gasteiger partial charge in [-0.05, 0) is 37.1 Å². The number of pyridine rings is 2. The number of aromatic nitrogens is 4. The molecular weight excluding hydrogens is 373 g/mol. The third-order valence-corrected chi connectivity index (χ3v) is 4.61. The summed E-state index contributed by atoms with van der Waals surface area (Å²) in [6, 6.07) is 3.70. The average Bonchev–Trinajstić information content (AvgIpc) is 3.06. The first-order valence-corrected chi connectivity index (χ1v) is 8.74. The minimum absolute atomic E-state index is 0.00670. The number of rotatable bonds is 6. The van der Waals surface area contributed by atoms with Crippen LogP contribution in [0.5, 0.6) is 0 Å². The van der Waals surface area contributed by atoms with Crippen LogP contribution in [0.2, 0.25) is 10.2 Å². The van der Waals surface area contributed by atoms with Crippen molar-refractivity contribution >= 4 is 29.5 Å². The maximum Gasteiger partial charge on any atom is 0.156 e. The second-order valence-electron chi connectivity index (χ2n) is 5.90. The van der Waals surface area contributed by atoms with Crippen LogP contribution in [0, 0.1) is 6.92 Å². The lowest BCUT2D eigenvalue weighted by atomic mass is 10.1. The molecule has 1 unspecified atom stereocenters. The molecule has 0 saturated heterocycles. The Morgan fingerprint density at radius 1 is 1.31 bits per heavy atom. The van der Waals surface area contributed by atoms with Crippen molar-refractivity contribution in [3.05, 3.63) is 69.3 Å². The number of halogens is 2. The lowest BCUT2D eigenvalue weighted by Gasteiger charge is -2.17. The van der Waals surface area contributed by atoms with E-state index in [2.05, 4.69) is 20.4 Å². The number of hydrogen-bond donors (Lipinski definition) is 1. The van der Waals surface area contributed by atoms with Crippen molar-refractivity contribution in [1.82, 2.24) is 25.1 Å². The summed E-state index contributed by atoms with van der Waals surface area (Å²) in [5.41, 5.74) is 3.20. The van der Waals surface area contributed by atoms with E-state index in [0.29, 0.717) is 27.8 Å². The average molecular weight is 390 g/mol. The normalized spacial score (nSPS) is 12.2. The fraction of sp³-hybridized carbons (Fsp3) is 0.222. The second kappa shape index (κ2) is 7.95. The van der Waals surface area contributed by atoms with Crippen molar-refractivity contribution in [2.75, 3.05) is 0 Å². The van der Waals surface area contributed by atoms with E-state index in [1.807, 2.05) is 19.9 Å². The van der Waals surface area contributed by atoms with Crippen LogP contribution < -0.4 is 5.32 Å². The quantitative estimate of drug-likeness (QED) is 0.510. The Morgan fingerprint density at radius 2 is 2.12 bits per heavy atom. The highest BCUT2D eigenvalue weighted by Crippen LogP contribution is 2.21. The summed E-state index contributed by atoms with van der Waals surface area (Å²) in [4.78, 5) is 19.7. The van der Waals surface area contributed by atoms with E-state index < -0.39 is 0 Å². The molecule has 8 heteroatoms. The summed E-state index contributed by atoms with van der Waals surface area (Å²) >= 11 is 12.0. The zero-order valence-corrected chi connectivity index (χ0v) is 15.8. The molecule has 26 heavy (non-hydrogen) atoms. The van der Waals surface area contributed by atoms with Gasteiger partial charge in [0.25, 0.3) is 0 Å². The smallest absolute Gasteiger partial charge is 0.156 e. The molecular formula is C18H17Cl2N5O. The molecule has 3 heterocycles. The number of aldehydes is 1. The van der Waals surface area contributed by atoms with Gasteiger partial charge in [-0.15, -0.1) is 0 Å². The van der Waals surface area contributed by atoms with E-state index in [4.69, 9.17) is 23.2 Å². The number of hydrogen-bond acceptors (Lipinski definition) is 5. The molecule has 0 aliphatic rings. The molecule has 0 amide bonds. The molecule has 3 rings (SSSR count). The molecule has 0 bridgehead atoms. The van der Waals surface area contributed by atoms with Crippen LogP contribution in [0.4, 0.5) is 0 Å². The maximum atomic E-state index is 11.2. The van der Waals surface area contributed by atoms with Gasteiger partial charge >= 0.3 is 0 Å². The monoisotopic (exact) mass is 389 g/mol. The summed E-state index contributed by atoms with van der Waals surface area (Å²) < 4.78 is 1.64. The third kappa shape index (κ3) is 3.93. The van der Waals surface area contributed by atoms with Crippen LogP contribution in [-0.4, -0.2) is 26.0 Å². The fourth-order valence-corrected chi connectivity index (χ4v) is 2.99. The van der Waals surface area contributed by atoms with Crippen molar-refractivity contribution in [3.63, 3.8) is 0 Å². The molecule has 3 aromatic heterocycles. The van der Waals surface area contributed by atoms with Crippen molar-refractivity contribution in [1.29, 1.82) is 0 Å². The maximum absolute atomic E-state index is 11.2. The Kier molecular flexibility index (Phi) is 5.66. The molecule has 0 fully saturated rings. The standard InChI is InChI=1S/C18H17Cl2N5O/c1-11-5-14(6-23-18(11)25-9-15(19)7-24-25)12(2)22-8-16-13(10-26)3-4-21-17(16)20/h3-7,9-10,12,22H,8H2,1-2H3. The molecule has 3 aromatic rings. The molecule has 0 spiro atoms. The van der Waals surface area contributed by atoms with E-state index in [1.54, 1.807) is 29.3 Å². The molecule has 1 atom stereocenters. The Bertz CT molecular complexity index is 941. The van der Waals surface area contributed by atoms with E-state index in [1.165, 1.54) is 6.20 Å². The van der Waals surface area contributed by atoms with Crippen LogP contribution >= 0.6 is 23.2 Å². The molecule has 0 radical (unpaired) electrons. The topological polar surface area (TPSA) is 72.7 Å². The number of carbonyl (C=O) groups is 1. The summed E-state index contributed by atoms with van der Waals surface area (Å²) in [5, 5.41) is 8.42. The lowest BCUT2D eigenvalue weighted by Crippen LogP contribution is -2.20. The van der Waals surface area contributed by atoms with Crippen LogP contribution in [0.25, 0.3) is 5.82 Å². The van der Waals surface area contributed by atoms with Crippen molar-refractivity contribution < 1.29 is 4.79 Å². The summed E-state index contributed by atoms with van der Waals surface area (Å²) in [5.74, 6) is 0.728. The van der Waals surface area contributed by atoms with Crippen molar-refractivity contribution in [2.24, 2.45) is 0 Å². The molecule has 0 aromatic carbocycles. The first kappa shape index (κ1) is 18.5. The Hall–Kier alpha value is -2.28. The Morgan fingerprint density at radius 3 is 2.77 bits per heavy atom. The number of nitrogens with one attached hydrogen (secondary N) is 1.